The normalized spacial score (nSPS) is 12.6. The molecule has 1 aromatic heterocycles. The SMILES string of the molecule is COC(=O)[C@H](O)CC(Cc1ccc(-c2ccccc2)cc1)NC(=O)c1cc(C(=O)O)n[nH]1. The summed E-state index contributed by atoms with van der Waals surface area (Å²) in [5.41, 5.74) is 2.64. The number of hydrogen-bond acceptors (Lipinski definition) is 6. The number of H-pyrrole nitrogens is 1. The van der Waals surface area contributed by atoms with E-state index in [1.165, 1.54) is 7.11 Å². The van der Waals surface area contributed by atoms with Crippen molar-refractivity contribution in [1.29, 1.82) is 0 Å². The van der Waals surface area contributed by atoms with E-state index < -0.39 is 30.0 Å². The molecule has 2 atom stereocenters. The first-order chi connectivity index (χ1) is 15.4. The molecule has 1 unspecified atom stereocenters. The van der Waals surface area contributed by atoms with Gasteiger partial charge in [0.25, 0.3) is 5.91 Å². The monoisotopic (exact) mass is 437 g/mol. The van der Waals surface area contributed by atoms with Crippen LogP contribution in [-0.4, -0.2) is 57.5 Å². The van der Waals surface area contributed by atoms with Gasteiger partial charge in [-0.3, -0.25) is 9.89 Å². The molecule has 0 bridgehead atoms. The lowest BCUT2D eigenvalue weighted by atomic mass is 9.97. The summed E-state index contributed by atoms with van der Waals surface area (Å²) in [7, 11) is 1.17. The van der Waals surface area contributed by atoms with Gasteiger partial charge in [0.05, 0.1) is 7.11 Å². The summed E-state index contributed by atoms with van der Waals surface area (Å²) in [5, 5.41) is 27.7. The highest BCUT2D eigenvalue weighted by Crippen LogP contribution is 2.20. The maximum Gasteiger partial charge on any atom is 0.356 e. The molecule has 4 N–H and O–H groups in total. The number of amides is 1. The molecule has 1 heterocycles. The van der Waals surface area contributed by atoms with Crippen LogP contribution in [0.2, 0.25) is 0 Å². The van der Waals surface area contributed by atoms with Crippen molar-refractivity contribution in [2.45, 2.75) is 25.0 Å². The highest BCUT2D eigenvalue weighted by atomic mass is 16.5. The highest BCUT2D eigenvalue weighted by molar-refractivity contribution is 5.95. The zero-order valence-electron chi connectivity index (χ0n) is 17.3. The number of aromatic carboxylic acids is 1. The van der Waals surface area contributed by atoms with Crippen molar-refractivity contribution in [3.8, 4) is 11.1 Å². The van der Waals surface area contributed by atoms with Crippen LogP contribution in [0.25, 0.3) is 11.1 Å². The number of carbonyl (C=O) groups is 3. The Labute approximate surface area is 184 Å². The second-order valence-electron chi connectivity index (χ2n) is 7.18. The van der Waals surface area contributed by atoms with Crippen LogP contribution in [0.15, 0.2) is 60.7 Å². The van der Waals surface area contributed by atoms with E-state index in [1.54, 1.807) is 0 Å². The largest absolute Gasteiger partial charge is 0.476 e. The molecule has 1 amide bonds. The Balaban J connectivity index is 1.75. The summed E-state index contributed by atoms with van der Waals surface area (Å²) < 4.78 is 4.56. The summed E-state index contributed by atoms with van der Waals surface area (Å²) >= 11 is 0. The van der Waals surface area contributed by atoms with Crippen molar-refractivity contribution >= 4 is 17.8 Å². The van der Waals surface area contributed by atoms with Gasteiger partial charge in [0.2, 0.25) is 0 Å². The van der Waals surface area contributed by atoms with E-state index in [4.69, 9.17) is 5.11 Å². The van der Waals surface area contributed by atoms with Crippen LogP contribution in [-0.2, 0) is 16.0 Å². The first kappa shape index (κ1) is 22.7. The number of esters is 1. The Morgan fingerprint density at radius 2 is 1.72 bits per heavy atom. The number of rotatable bonds is 9. The van der Waals surface area contributed by atoms with E-state index in [9.17, 15) is 19.5 Å². The number of nitrogens with one attached hydrogen (secondary N) is 2. The van der Waals surface area contributed by atoms with Crippen molar-refractivity contribution in [1.82, 2.24) is 15.5 Å². The molecule has 3 aromatic rings. The van der Waals surface area contributed by atoms with Crippen LogP contribution < -0.4 is 5.32 Å². The summed E-state index contributed by atoms with van der Waals surface area (Å²) in [6.45, 7) is 0. The van der Waals surface area contributed by atoms with Crippen molar-refractivity contribution in [2.24, 2.45) is 0 Å². The third kappa shape index (κ3) is 5.79. The number of aliphatic hydroxyl groups is 1. The molecule has 0 aliphatic heterocycles. The number of aliphatic hydroxyl groups excluding tert-OH is 1. The predicted molar refractivity (Wildman–Crippen MR) is 115 cm³/mol. The van der Waals surface area contributed by atoms with Crippen molar-refractivity contribution < 1.29 is 29.3 Å². The predicted octanol–water partition coefficient (Wildman–Crippen LogP) is 2.04. The molecule has 9 nitrogen and oxygen atoms in total. The first-order valence-corrected chi connectivity index (χ1v) is 9.87. The number of benzene rings is 2. The highest BCUT2D eigenvalue weighted by Gasteiger charge is 2.24. The molecule has 0 fully saturated rings. The molecular weight excluding hydrogens is 414 g/mol. The molecular formula is C23H23N3O6. The number of ether oxygens (including phenoxy) is 1. The standard InChI is InChI=1S/C23H23N3O6/c1-32-23(31)20(27)12-17(24-21(28)18-13-19(22(29)30)26-25-18)11-14-7-9-16(10-8-14)15-5-3-2-4-6-15/h2-10,13,17,20,27H,11-12H2,1H3,(H,24,28)(H,25,26)(H,29,30)/t17?,20-/m1/s1. The molecule has 0 saturated carbocycles. The van der Waals surface area contributed by atoms with Crippen molar-refractivity contribution in [3.05, 3.63) is 77.6 Å². The smallest absolute Gasteiger partial charge is 0.356 e. The van der Waals surface area contributed by atoms with Crippen molar-refractivity contribution in [3.63, 3.8) is 0 Å². The molecule has 0 radical (unpaired) electrons. The Bertz CT molecular complexity index is 1080. The number of methoxy groups -OCH3 is 1. The summed E-state index contributed by atoms with van der Waals surface area (Å²) in [4.78, 5) is 35.2. The van der Waals surface area contributed by atoms with Gasteiger partial charge in [-0.05, 0) is 23.1 Å². The molecule has 0 saturated heterocycles. The summed E-state index contributed by atoms with van der Waals surface area (Å²) in [5.74, 6) is -2.68. The van der Waals surface area contributed by atoms with Gasteiger partial charge in [-0.1, -0.05) is 54.6 Å². The average Bonchev–Trinajstić information content (AvgIpc) is 3.30. The number of aromatic amines is 1. The molecule has 0 aliphatic rings. The topological polar surface area (TPSA) is 142 Å². The number of carbonyl (C=O) groups excluding carboxylic acids is 2. The summed E-state index contributed by atoms with van der Waals surface area (Å²) in [6.07, 6.45) is -1.18. The lowest BCUT2D eigenvalue weighted by Gasteiger charge is -2.21. The van der Waals surface area contributed by atoms with Gasteiger partial charge in [0.1, 0.15) is 5.69 Å². The molecule has 0 aliphatic carbocycles. The number of carboxylic acid groups (broad SMARTS) is 1. The van der Waals surface area contributed by atoms with Gasteiger partial charge in [0.15, 0.2) is 11.8 Å². The quantitative estimate of drug-likeness (QED) is 0.375. The second kappa shape index (κ2) is 10.4. The minimum absolute atomic E-state index is 0.0422. The van der Waals surface area contributed by atoms with E-state index in [2.05, 4.69) is 20.3 Å². The van der Waals surface area contributed by atoms with Crippen LogP contribution >= 0.6 is 0 Å². The lowest BCUT2D eigenvalue weighted by molar-refractivity contribution is -0.151. The number of carboxylic acids is 1. The molecule has 2 aromatic carbocycles. The van der Waals surface area contributed by atoms with E-state index in [0.717, 1.165) is 22.8 Å². The number of nitrogens with zero attached hydrogens (tertiary/aromatic N) is 1. The molecule has 166 valence electrons. The Morgan fingerprint density at radius 3 is 2.31 bits per heavy atom. The fraction of sp³-hybridized carbons (Fsp3) is 0.217. The van der Waals surface area contributed by atoms with Crippen LogP contribution in [0.1, 0.15) is 33.0 Å². The fourth-order valence-corrected chi connectivity index (χ4v) is 3.25. The lowest BCUT2D eigenvalue weighted by Crippen LogP contribution is -2.41. The zero-order valence-corrected chi connectivity index (χ0v) is 17.3. The van der Waals surface area contributed by atoms with Gasteiger partial charge >= 0.3 is 11.9 Å². The third-order valence-electron chi connectivity index (χ3n) is 4.90. The van der Waals surface area contributed by atoms with Gasteiger partial charge in [-0.15, -0.1) is 0 Å². The minimum Gasteiger partial charge on any atom is -0.476 e. The van der Waals surface area contributed by atoms with Gasteiger partial charge in [0, 0.05) is 18.5 Å². The van der Waals surface area contributed by atoms with Crippen LogP contribution in [0.5, 0.6) is 0 Å². The second-order valence-corrected chi connectivity index (χ2v) is 7.18. The maximum absolute atomic E-state index is 12.6. The van der Waals surface area contributed by atoms with Crippen LogP contribution in [0, 0.1) is 0 Å². The molecule has 9 heteroatoms. The minimum atomic E-state index is -1.43. The van der Waals surface area contributed by atoms with Gasteiger partial charge < -0.3 is 20.3 Å². The Kier molecular flexibility index (Phi) is 7.35. The van der Waals surface area contributed by atoms with E-state index in [-0.39, 0.29) is 17.8 Å². The van der Waals surface area contributed by atoms with E-state index in [1.807, 2.05) is 54.6 Å². The zero-order chi connectivity index (χ0) is 23.1. The van der Waals surface area contributed by atoms with Gasteiger partial charge in [-0.2, -0.15) is 5.10 Å². The molecule has 0 spiro atoms. The van der Waals surface area contributed by atoms with Crippen LogP contribution in [0.4, 0.5) is 0 Å². The van der Waals surface area contributed by atoms with E-state index >= 15 is 0 Å². The molecule has 32 heavy (non-hydrogen) atoms. The number of aromatic nitrogens is 2. The van der Waals surface area contributed by atoms with Crippen LogP contribution in [0.3, 0.4) is 0 Å². The molecule has 3 rings (SSSR count). The fourth-order valence-electron chi connectivity index (χ4n) is 3.25. The van der Waals surface area contributed by atoms with Crippen molar-refractivity contribution in [2.75, 3.05) is 7.11 Å². The summed E-state index contributed by atoms with van der Waals surface area (Å²) in [6, 6.07) is 18.1. The number of hydrogen-bond donors (Lipinski definition) is 4. The Hall–Kier alpha value is -3.98. The Morgan fingerprint density at radius 1 is 1.06 bits per heavy atom. The average molecular weight is 437 g/mol. The third-order valence-corrected chi connectivity index (χ3v) is 4.90. The first-order valence-electron chi connectivity index (χ1n) is 9.87. The van der Waals surface area contributed by atoms with E-state index in [0.29, 0.717) is 6.42 Å². The van der Waals surface area contributed by atoms with Gasteiger partial charge in [-0.25, -0.2) is 9.59 Å². The maximum atomic E-state index is 12.6.